The summed E-state index contributed by atoms with van der Waals surface area (Å²) in [6, 6.07) is 6.39. The minimum absolute atomic E-state index is 0.0358. The minimum atomic E-state index is -0.898. The third kappa shape index (κ3) is 5.35. The van der Waals surface area contributed by atoms with E-state index in [2.05, 4.69) is 16.5 Å². The summed E-state index contributed by atoms with van der Waals surface area (Å²) in [7, 11) is 0. The summed E-state index contributed by atoms with van der Waals surface area (Å²) in [5.74, 6) is -2.37. The maximum atomic E-state index is 15.9. The Kier molecular flexibility index (Phi) is 8.24. The predicted octanol–water partition coefficient (Wildman–Crippen LogP) is 5.20. The topological polar surface area (TPSA) is 104 Å². The fourth-order valence-corrected chi connectivity index (χ4v) is 6.17. The highest BCUT2D eigenvalue weighted by molar-refractivity contribution is 7.98. The molecule has 0 spiro atoms. The van der Waals surface area contributed by atoms with Crippen LogP contribution in [0.3, 0.4) is 0 Å². The number of pyridine rings is 2. The van der Waals surface area contributed by atoms with Gasteiger partial charge in [0, 0.05) is 36.3 Å². The van der Waals surface area contributed by atoms with Gasteiger partial charge >= 0.3 is 5.69 Å². The molecule has 224 valence electrons. The number of fused-ring (bicyclic) bond motifs is 1. The average Bonchev–Trinajstić information content (AvgIpc) is 2.96. The normalized spacial score (nSPS) is 15.4. The van der Waals surface area contributed by atoms with Crippen LogP contribution < -0.4 is 10.6 Å². The Morgan fingerprint density at radius 3 is 2.53 bits per heavy atom. The Morgan fingerprint density at radius 2 is 1.91 bits per heavy atom. The predicted molar refractivity (Wildman–Crippen MR) is 164 cm³/mol. The molecule has 1 aliphatic heterocycles. The monoisotopic (exact) mass is 606 g/mol. The summed E-state index contributed by atoms with van der Waals surface area (Å²) in [6.07, 6.45) is 3.13. The number of phenols is 1. The fraction of sp³-hybridized carbons (Fsp3) is 0.323. The van der Waals surface area contributed by atoms with Crippen LogP contribution in [-0.4, -0.2) is 67.4 Å². The number of nitrogens with zero attached hydrogens (tertiary/aromatic N) is 6. The lowest BCUT2D eigenvalue weighted by molar-refractivity contribution is -0.126. The van der Waals surface area contributed by atoms with E-state index in [-0.39, 0.29) is 34.7 Å². The molecule has 1 unspecified atom stereocenters. The number of carbonyl (C=O) groups excluding carboxylic acids is 1. The first-order valence-corrected chi connectivity index (χ1v) is 15.0. The minimum Gasteiger partial charge on any atom is -0.507 e. The highest BCUT2D eigenvalue weighted by Crippen LogP contribution is 2.38. The number of carbonyl (C=O) groups is 1. The van der Waals surface area contributed by atoms with E-state index < -0.39 is 34.3 Å². The van der Waals surface area contributed by atoms with Crippen LogP contribution in [0.2, 0.25) is 0 Å². The lowest BCUT2D eigenvalue weighted by Crippen LogP contribution is -2.54. The van der Waals surface area contributed by atoms with E-state index in [9.17, 15) is 19.1 Å². The van der Waals surface area contributed by atoms with Gasteiger partial charge in [0.15, 0.2) is 11.5 Å². The van der Waals surface area contributed by atoms with Crippen molar-refractivity contribution in [1.29, 1.82) is 0 Å². The Bertz CT molecular complexity index is 1810. The maximum absolute atomic E-state index is 15.9. The number of amides is 1. The molecule has 4 aromatic rings. The Morgan fingerprint density at radius 1 is 1.16 bits per heavy atom. The molecule has 1 saturated heterocycles. The van der Waals surface area contributed by atoms with Gasteiger partial charge in [-0.3, -0.25) is 9.78 Å². The highest BCUT2D eigenvalue weighted by Gasteiger charge is 2.31. The zero-order valence-corrected chi connectivity index (χ0v) is 25.4. The van der Waals surface area contributed by atoms with Gasteiger partial charge < -0.3 is 14.9 Å². The first-order chi connectivity index (χ1) is 20.5. The van der Waals surface area contributed by atoms with Gasteiger partial charge in [0.2, 0.25) is 5.91 Å². The number of hydrogen-bond donors (Lipinski definition) is 1. The zero-order valence-electron chi connectivity index (χ0n) is 24.6. The quantitative estimate of drug-likeness (QED) is 0.236. The number of phenolic OH excluding ortho intramolecular Hbond substituents is 1. The van der Waals surface area contributed by atoms with Crippen LogP contribution in [0.25, 0.3) is 28.0 Å². The van der Waals surface area contributed by atoms with E-state index in [4.69, 9.17) is 4.98 Å². The van der Waals surface area contributed by atoms with E-state index >= 15 is 4.39 Å². The van der Waals surface area contributed by atoms with Crippen LogP contribution in [0.5, 0.6) is 5.75 Å². The van der Waals surface area contributed by atoms with E-state index in [0.29, 0.717) is 31.0 Å². The maximum Gasteiger partial charge on any atom is 0.355 e. The third-order valence-electron chi connectivity index (χ3n) is 7.52. The van der Waals surface area contributed by atoms with Gasteiger partial charge in [-0.1, -0.05) is 26.5 Å². The molecule has 5 rings (SSSR count). The molecule has 12 heteroatoms. The van der Waals surface area contributed by atoms with Gasteiger partial charge in [0.05, 0.1) is 22.3 Å². The largest absolute Gasteiger partial charge is 0.507 e. The summed E-state index contributed by atoms with van der Waals surface area (Å²) >= 11 is 1.41. The molecule has 1 aliphatic rings. The van der Waals surface area contributed by atoms with Gasteiger partial charge in [0.1, 0.15) is 23.1 Å². The summed E-state index contributed by atoms with van der Waals surface area (Å²) in [6.45, 7) is 12.2. The van der Waals surface area contributed by atoms with Crippen molar-refractivity contribution in [1.82, 2.24) is 24.4 Å². The van der Waals surface area contributed by atoms with Crippen molar-refractivity contribution in [2.75, 3.05) is 30.8 Å². The van der Waals surface area contributed by atoms with Crippen LogP contribution in [0.15, 0.2) is 52.7 Å². The van der Waals surface area contributed by atoms with E-state index in [1.807, 2.05) is 44.9 Å². The van der Waals surface area contributed by atoms with Crippen molar-refractivity contribution in [3.63, 3.8) is 0 Å². The Hall–Kier alpha value is -4.32. The Labute approximate surface area is 251 Å². The molecule has 4 heterocycles. The second-order valence-corrected chi connectivity index (χ2v) is 11.6. The molecule has 0 bridgehead atoms. The van der Waals surface area contributed by atoms with Gasteiger partial charge in [-0.2, -0.15) is 4.98 Å². The van der Waals surface area contributed by atoms with Gasteiger partial charge in [0.25, 0.3) is 0 Å². The van der Waals surface area contributed by atoms with Crippen molar-refractivity contribution >= 4 is 34.5 Å². The first kappa shape index (κ1) is 30.1. The molecule has 0 radical (unpaired) electrons. The lowest BCUT2D eigenvalue weighted by Gasteiger charge is -2.40. The van der Waals surface area contributed by atoms with Crippen LogP contribution in [-0.2, 0) is 4.79 Å². The SMILES string of the molecule is C=CC(=O)N1CCN(c2nc(=O)n(-c3c(SC)cc(C)nc3C(C)C)c3nc(-c4c(O)cccc4F)c(F)cc23)C(C)C1. The Balaban J connectivity index is 1.86. The van der Waals surface area contributed by atoms with E-state index in [0.717, 1.165) is 16.7 Å². The van der Waals surface area contributed by atoms with Crippen molar-refractivity contribution in [3.05, 3.63) is 76.5 Å². The summed E-state index contributed by atoms with van der Waals surface area (Å²) < 4.78 is 32.2. The van der Waals surface area contributed by atoms with Crippen LogP contribution in [0.1, 0.15) is 38.1 Å². The first-order valence-electron chi connectivity index (χ1n) is 13.8. The van der Waals surface area contributed by atoms with Gasteiger partial charge in [-0.15, -0.1) is 11.8 Å². The molecular formula is C31H32F2N6O3S. The number of halogens is 2. The number of rotatable bonds is 6. The fourth-order valence-electron chi connectivity index (χ4n) is 5.49. The van der Waals surface area contributed by atoms with E-state index in [1.54, 1.807) is 4.90 Å². The molecule has 1 atom stereocenters. The number of piperazine rings is 1. The second kappa shape index (κ2) is 11.8. The van der Waals surface area contributed by atoms with Crippen molar-refractivity contribution in [2.24, 2.45) is 0 Å². The number of anilines is 1. The summed E-state index contributed by atoms with van der Waals surface area (Å²) in [5.41, 5.74) is 0.335. The summed E-state index contributed by atoms with van der Waals surface area (Å²) in [5, 5.41) is 10.7. The van der Waals surface area contributed by atoms with Crippen molar-refractivity contribution < 1.29 is 18.7 Å². The standard InChI is InChI=1S/C31H32F2N6O3S/c1-7-24(41)37-11-12-38(18(5)15-37)29-19-14-21(33)27(25-20(32)9-8-10-22(25)40)35-30(19)39(31(42)36-29)28-23(43-6)13-17(4)34-26(28)16(2)3/h7-10,13-14,16,18,40H,1,11-12,15H2,2-6H3. The van der Waals surface area contributed by atoms with Crippen molar-refractivity contribution in [2.45, 2.75) is 44.6 Å². The molecule has 0 saturated carbocycles. The summed E-state index contributed by atoms with van der Waals surface area (Å²) in [4.78, 5) is 44.3. The smallest absolute Gasteiger partial charge is 0.355 e. The lowest BCUT2D eigenvalue weighted by atomic mass is 10.1. The number of aromatic nitrogens is 4. The number of aromatic hydroxyl groups is 1. The van der Waals surface area contributed by atoms with Crippen LogP contribution >= 0.6 is 11.8 Å². The molecule has 1 amide bonds. The van der Waals surface area contributed by atoms with E-state index in [1.165, 1.54) is 40.6 Å². The van der Waals surface area contributed by atoms with Gasteiger partial charge in [-0.25, -0.2) is 23.1 Å². The highest BCUT2D eigenvalue weighted by atomic mass is 32.2. The molecule has 9 nitrogen and oxygen atoms in total. The molecule has 3 aromatic heterocycles. The number of thioether (sulfide) groups is 1. The molecule has 1 fully saturated rings. The molecule has 1 N–H and O–H groups in total. The average molecular weight is 607 g/mol. The number of aryl methyl sites for hydroxylation is 1. The van der Waals surface area contributed by atoms with Crippen LogP contribution in [0.4, 0.5) is 14.6 Å². The zero-order chi connectivity index (χ0) is 31.2. The van der Waals surface area contributed by atoms with Crippen molar-refractivity contribution in [3.8, 4) is 22.7 Å². The molecular weight excluding hydrogens is 574 g/mol. The third-order valence-corrected chi connectivity index (χ3v) is 8.27. The molecule has 0 aliphatic carbocycles. The molecule has 43 heavy (non-hydrogen) atoms. The number of hydrogen-bond acceptors (Lipinski definition) is 8. The number of benzene rings is 1. The second-order valence-electron chi connectivity index (χ2n) is 10.8. The molecule has 1 aromatic carbocycles. The van der Waals surface area contributed by atoms with Gasteiger partial charge in [-0.05, 0) is 56.4 Å². The van der Waals surface area contributed by atoms with Crippen LogP contribution in [0, 0.1) is 18.6 Å².